The number of carbonyl (C=O) groups excluding carboxylic acids is 2. The third-order valence-corrected chi connectivity index (χ3v) is 11.2. The molecule has 33 heavy (non-hydrogen) atoms. The highest BCUT2D eigenvalue weighted by molar-refractivity contribution is 6.74. The van der Waals surface area contributed by atoms with Crippen LogP contribution < -0.4 is 0 Å². The average Bonchev–Trinajstić information content (AvgIpc) is 2.70. The number of hydrogen-bond donors (Lipinski definition) is 0. The highest BCUT2D eigenvalue weighted by Crippen LogP contribution is 2.39. The molecule has 1 fully saturated rings. The molecule has 186 valence electrons. The summed E-state index contributed by atoms with van der Waals surface area (Å²) in [5.74, 6) is -1.31. The predicted molar refractivity (Wildman–Crippen MR) is 130 cm³/mol. The number of nitrogens with zero attached hydrogens (tertiary/aromatic N) is 1. The fraction of sp³-hybridized carbons (Fsp3) is 0.680. The van der Waals surface area contributed by atoms with Gasteiger partial charge in [0, 0.05) is 25.6 Å². The van der Waals surface area contributed by atoms with Crippen LogP contribution >= 0.6 is 0 Å². The van der Waals surface area contributed by atoms with E-state index >= 15 is 0 Å². The minimum Gasteiger partial charge on any atom is -0.465 e. The summed E-state index contributed by atoms with van der Waals surface area (Å²) >= 11 is 0. The van der Waals surface area contributed by atoms with Crippen LogP contribution in [0.3, 0.4) is 0 Å². The minimum atomic E-state index is -2.02. The Morgan fingerprint density at radius 2 is 1.79 bits per heavy atom. The molecule has 0 aromatic heterocycles. The van der Waals surface area contributed by atoms with Crippen LogP contribution in [-0.4, -0.2) is 57.7 Å². The van der Waals surface area contributed by atoms with Gasteiger partial charge in [-0.2, -0.15) is 0 Å². The second-order valence-corrected chi connectivity index (χ2v) is 16.2. The van der Waals surface area contributed by atoms with Gasteiger partial charge in [0.05, 0.1) is 12.7 Å². The summed E-state index contributed by atoms with van der Waals surface area (Å²) in [5.41, 5.74) is 0.200. The highest BCUT2D eigenvalue weighted by Gasteiger charge is 2.40. The molecule has 1 aromatic rings. The molecule has 2 rings (SSSR count). The summed E-state index contributed by atoms with van der Waals surface area (Å²) in [7, 11) is -0.779. The maximum absolute atomic E-state index is 14.2. The van der Waals surface area contributed by atoms with Gasteiger partial charge in [-0.05, 0) is 68.9 Å². The fourth-order valence-corrected chi connectivity index (χ4v) is 4.77. The van der Waals surface area contributed by atoms with E-state index in [0.29, 0.717) is 26.1 Å². The molecule has 6 nitrogen and oxygen atoms in total. The van der Waals surface area contributed by atoms with Crippen LogP contribution in [-0.2, 0) is 13.9 Å². The van der Waals surface area contributed by atoms with Crippen molar-refractivity contribution in [2.45, 2.75) is 77.6 Å². The Morgan fingerprint density at radius 3 is 2.33 bits per heavy atom. The van der Waals surface area contributed by atoms with Gasteiger partial charge in [-0.25, -0.2) is 14.0 Å². The Bertz CT molecular complexity index is 859. The molecule has 0 bridgehead atoms. The zero-order chi connectivity index (χ0) is 25.2. The third kappa shape index (κ3) is 7.02. The summed E-state index contributed by atoms with van der Waals surface area (Å²) in [6.45, 7) is 18.0. The lowest BCUT2D eigenvalue weighted by Gasteiger charge is -2.42. The van der Waals surface area contributed by atoms with E-state index in [-0.39, 0.29) is 28.5 Å². The normalized spacial score (nSPS) is 19.9. The highest BCUT2D eigenvalue weighted by atomic mass is 28.4. The lowest BCUT2D eigenvalue weighted by Crippen LogP contribution is -2.48. The number of ether oxygens (including phenoxy) is 2. The van der Waals surface area contributed by atoms with E-state index in [9.17, 15) is 14.0 Å². The van der Waals surface area contributed by atoms with Crippen molar-refractivity contribution in [1.29, 1.82) is 0 Å². The second kappa shape index (κ2) is 10.1. The SMILES string of the molecule is COC(=O)c1cc([C@@H]2CCN(C(=O)OC(C)(C)C)C[C@H]2CO[Si](C)(C)C(C)(C)C)ccc1F. The van der Waals surface area contributed by atoms with E-state index in [1.54, 1.807) is 17.0 Å². The number of hydrogen-bond acceptors (Lipinski definition) is 5. The number of methoxy groups -OCH3 is 1. The molecule has 1 aromatic carbocycles. The predicted octanol–water partition coefficient (Wildman–Crippen LogP) is 5.97. The molecule has 0 aliphatic carbocycles. The molecule has 1 heterocycles. The van der Waals surface area contributed by atoms with Crippen LogP contribution in [0.2, 0.25) is 18.1 Å². The van der Waals surface area contributed by atoms with Crippen LogP contribution in [0.5, 0.6) is 0 Å². The summed E-state index contributed by atoms with van der Waals surface area (Å²) < 4.78 is 31.1. The molecule has 1 aliphatic heterocycles. The van der Waals surface area contributed by atoms with Crippen LogP contribution in [0, 0.1) is 11.7 Å². The van der Waals surface area contributed by atoms with E-state index in [2.05, 4.69) is 33.9 Å². The van der Waals surface area contributed by atoms with Gasteiger partial charge in [-0.3, -0.25) is 0 Å². The Hall–Kier alpha value is -1.93. The Kier molecular flexibility index (Phi) is 8.39. The van der Waals surface area contributed by atoms with Gasteiger partial charge in [0.1, 0.15) is 11.4 Å². The Morgan fingerprint density at radius 1 is 1.15 bits per heavy atom. The van der Waals surface area contributed by atoms with Crippen LogP contribution in [0.25, 0.3) is 0 Å². The van der Waals surface area contributed by atoms with Crippen molar-refractivity contribution < 1.29 is 27.9 Å². The van der Waals surface area contributed by atoms with Crippen molar-refractivity contribution in [3.05, 3.63) is 35.1 Å². The van der Waals surface area contributed by atoms with Crippen molar-refractivity contribution in [2.75, 3.05) is 26.8 Å². The largest absolute Gasteiger partial charge is 0.465 e. The molecule has 1 aliphatic rings. The molecule has 8 heteroatoms. The second-order valence-electron chi connectivity index (χ2n) is 11.4. The lowest BCUT2D eigenvalue weighted by molar-refractivity contribution is 0.0106. The van der Waals surface area contributed by atoms with Gasteiger partial charge in [0.25, 0.3) is 0 Å². The van der Waals surface area contributed by atoms with Gasteiger partial charge >= 0.3 is 12.1 Å². The molecule has 0 N–H and O–H groups in total. The number of rotatable bonds is 5. The molecule has 1 saturated heterocycles. The van der Waals surface area contributed by atoms with Crippen LogP contribution in [0.1, 0.15) is 69.8 Å². The first-order chi connectivity index (χ1) is 15.1. The van der Waals surface area contributed by atoms with Crippen molar-refractivity contribution in [3.8, 4) is 0 Å². The minimum absolute atomic E-state index is 0.0115. The number of carbonyl (C=O) groups is 2. The van der Waals surface area contributed by atoms with E-state index in [1.165, 1.54) is 13.2 Å². The average molecular weight is 482 g/mol. The van der Waals surface area contributed by atoms with Crippen LogP contribution in [0.4, 0.5) is 9.18 Å². The number of halogens is 1. The topological polar surface area (TPSA) is 65.1 Å². The molecule has 0 radical (unpaired) electrons. The third-order valence-electron chi connectivity index (χ3n) is 6.67. The molecule has 0 spiro atoms. The first-order valence-electron chi connectivity index (χ1n) is 11.6. The first-order valence-corrected chi connectivity index (χ1v) is 14.5. The maximum Gasteiger partial charge on any atom is 0.410 e. The zero-order valence-corrected chi connectivity index (χ0v) is 22.6. The molecule has 0 saturated carbocycles. The maximum atomic E-state index is 14.2. The van der Waals surface area contributed by atoms with Gasteiger partial charge < -0.3 is 18.8 Å². The summed E-state index contributed by atoms with van der Waals surface area (Å²) in [4.78, 5) is 26.5. The fourth-order valence-electron chi connectivity index (χ4n) is 3.70. The number of piperidine rings is 1. The van der Waals surface area contributed by atoms with Gasteiger partial charge in [-0.1, -0.05) is 26.8 Å². The molecule has 2 atom stereocenters. The number of likely N-dealkylation sites (tertiary alicyclic amines) is 1. The summed E-state index contributed by atoms with van der Waals surface area (Å²) in [6.07, 6.45) is 0.324. The smallest absolute Gasteiger partial charge is 0.410 e. The van der Waals surface area contributed by atoms with Crippen molar-refractivity contribution in [1.82, 2.24) is 4.90 Å². The van der Waals surface area contributed by atoms with E-state index < -0.39 is 25.7 Å². The summed E-state index contributed by atoms with van der Waals surface area (Å²) in [6, 6.07) is 4.61. The summed E-state index contributed by atoms with van der Waals surface area (Å²) in [5, 5.41) is 0.0515. The van der Waals surface area contributed by atoms with Crippen LogP contribution in [0.15, 0.2) is 18.2 Å². The zero-order valence-electron chi connectivity index (χ0n) is 21.6. The number of benzene rings is 1. The van der Waals surface area contributed by atoms with Crippen molar-refractivity contribution >= 4 is 20.4 Å². The van der Waals surface area contributed by atoms with Crippen molar-refractivity contribution in [2.24, 2.45) is 5.92 Å². The monoisotopic (exact) mass is 481 g/mol. The van der Waals surface area contributed by atoms with Gasteiger partial charge in [0.15, 0.2) is 8.32 Å². The van der Waals surface area contributed by atoms with Gasteiger partial charge in [0.2, 0.25) is 0 Å². The standard InChI is InChI=1S/C25H40FNO5Si/c1-24(2,3)32-23(29)27-13-12-19(17-10-11-21(26)20(14-17)22(28)30-7)18(15-27)16-31-33(8,9)25(4,5)6/h10-11,14,18-19H,12-13,15-16H2,1-9H3/t18-,19-/m0/s1. The number of amides is 1. The Balaban J connectivity index is 2.33. The molecule has 0 unspecified atom stereocenters. The van der Waals surface area contributed by atoms with E-state index in [1.807, 2.05) is 20.8 Å². The first kappa shape index (κ1) is 27.3. The van der Waals surface area contributed by atoms with Crippen molar-refractivity contribution in [3.63, 3.8) is 0 Å². The number of esters is 1. The quantitative estimate of drug-likeness (QED) is 0.383. The Labute approximate surface area is 198 Å². The molecular formula is C25H40FNO5Si. The molecular weight excluding hydrogens is 441 g/mol. The van der Waals surface area contributed by atoms with E-state index in [0.717, 1.165) is 5.56 Å². The lowest BCUT2D eigenvalue weighted by atomic mass is 9.80. The van der Waals surface area contributed by atoms with E-state index in [4.69, 9.17) is 13.9 Å². The van der Waals surface area contributed by atoms with Gasteiger partial charge in [-0.15, -0.1) is 0 Å². The molecule has 1 amide bonds.